The van der Waals surface area contributed by atoms with Crippen molar-refractivity contribution in [1.29, 1.82) is 5.26 Å². The Hall–Kier alpha value is -4.53. The van der Waals surface area contributed by atoms with E-state index in [-0.39, 0.29) is 12.7 Å². The van der Waals surface area contributed by atoms with Crippen molar-refractivity contribution < 1.29 is 4.42 Å². The van der Waals surface area contributed by atoms with Crippen LogP contribution in [0.2, 0.25) is 6.32 Å². The summed E-state index contributed by atoms with van der Waals surface area (Å²) >= 11 is 0. The van der Waals surface area contributed by atoms with E-state index in [4.69, 9.17) is 26.0 Å². The van der Waals surface area contributed by atoms with Crippen molar-refractivity contribution in [1.82, 2.24) is 34.7 Å². The van der Waals surface area contributed by atoms with E-state index in [0.717, 1.165) is 29.6 Å². The van der Waals surface area contributed by atoms with Crippen LogP contribution in [0.5, 0.6) is 0 Å². The molecule has 0 fully saturated rings. The number of nitrogen functional groups attached to an aromatic ring is 2. The largest absolute Gasteiger partial charge is 0.424 e. The minimum atomic E-state index is 0.0293. The lowest BCUT2D eigenvalue weighted by Crippen LogP contribution is -2.23. The van der Waals surface area contributed by atoms with Crippen molar-refractivity contribution in [3.8, 4) is 17.2 Å². The van der Waals surface area contributed by atoms with Crippen LogP contribution in [0.1, 0.15) is 17.1 Å². The summed E-state index contributed by atoms with van der Waals surface area (Å²) in [7, 11) is 0. The standard InChI is InChI=1S/C21H17BN10O/c23-9-22-4-3-13-12(6-22)7-26-16(29-13)8-32-20-17(19(24)27-10-28-20)18(31-32)11-1-2-15-14(5-11)30-21(25)33-15/h1-2,5,7,10H,3-4,6,8H2,(H2,25,30)(H2,24,27,28). The number of nitriles is 1. The Labute approximate surface area is 187 Å². The molecule has 4 aromatic heterocycles. The van der Waals surface area contributed by atoms with Gasteiger partial charge in [-0.2, -0.15) is 10.1 Å². The van der Waals surface area contributed by atoms with E-state index in [2.05, 4.69) is 25.9 Å². The molecule has 12 heteroatoms. The van der Waals surface area contributed by atoms with Gasteiger partial charge in [-0.1, -0.05) is 6.32 Å². The molecule has 5 aromatic rings. The highest BCUT2D eigenvalue weighted by Crippen LogP contribution is 2.32. The number of aromatic nitrogens is 7. The van der Waals surface area contributed by atoms with Gasteiger partial charge in [-0.05, 0) is 36.5 Å². The Morgan fingerprint density at radius 3 is 2.97 bits per heavy atom. The predicted molar refractivity (Wildman–Crippen MR) is 122 cm³/mol. The van der Waals surface area contributed by atoms with Crippen LogP contribution in [0.4, 0.5) is 11.8 Å². The van der Waals surface area contributed by atoms with E-state index in [1.807, 2.05) is 18.3 Å². The van der Waals surface area contributed by atoms with Gasteiger partial charge in [0.2, 0.25) is 0 Å². The zero-order valence-corrected chi connectivity index (χ0v) is 17.4. The molecule has 0 unspecified atom stereocenters. The molecule has 6 rings (SSSR count). The van der Waals surface area contributed by atoms with Gasteiger partial charge in [-0.15, -0.1) is 0 Å². The average molecular weight is 436 g/mol. The zero-order valence-electron chi connectivity index (χ0n) is 17.4. The summed E-state index contributed by atoms with van der Waals surface area (Å²) in [6.07, 6.45) is 5.51. The molecule has 0 bridgehead atoms. The fraction of sp³-hybridized carbons (Fsp3) is 0.190. The first kappa shape index (κ1) is 19.2. The fourth-order valence-corrected chi connectivity index (χ4v) is 4.30. The van der Waals surface area contributed by atoms with Gasteiger partial charge in [0.25, 0.3) is 12.7 Å². The number of benzene rings is 1. The van der Waals surface area contributed by atoms with Crippen LogP contribution in [0.15, 0.2) is 35.1 Å². The van der Waals surface area contributed by atoms with Crippen molar-refractivity contribution >= 4 is 40.7 Å². The van der Waals surface area contributed by atoms with Crippen LogP contribution < -0.4 is 11.5 Å². The van der Waals surface area contributed by atoms with E-state index in [9.17, 15) is 5.26 Å². The molecule has 33 heavy (non-hydrogen) atoms. The van der Waals surface area contributed by atoms with Crippen LogP contribution in [-0.4, -0.2) is 41.4 Å². The number of anilines is 2. The second-order valence-corrected chi connectivity index (χ2v) is 8.03. The highest BCUT2D eigenvalue weighted by molar-refractivity contribution is 6.66. The molecule has 0 saturated heterocycles. The summed E-state index contributed by atoms with van der Waals surface area (Å²) in [5.74, 6) is 3.29. The van der Waals surface area contributed by atoms with Gasteiger partial charge in [0.15, 0.2) is 11.2 Å². The minimum Gasteiger partial charge on any atom is -0.424 e. The lowest BCUT2D eigenvalue weighted by Gasteiger charge is -2.16. The van der Waals surface area contributed by atoms with Gasteiger partial charge >= 0.3 is 0 Å². The van der Waals surface area contributed by atoms with E-state index < -0.39 is 0 Å². The number of fused-ring (bicyclic) bond motifs is 3. The van der Waals surface area contributed by atoms with Gasteiger partial charge in [0.1, 0.15) is 35.7 Å². The number of hydrogen-bond donors (Lipinski definition) is 2. The Morgan fingerprint density at radius 1 is 1.18 bits per heavy atom. The van der Waals surface area contributed by atoms with Gasteiger partial charge in [-0.25, -0.2) is 29.9 Å². The van der Waals surface area contributed by atoms with Crippen LogP contribution in [0, 0.1) is 11.2 Å². The molecule has 4 N–H and O–H groups in total. The number of hydrogen-bond acceptors (Lipinski definition) is 10. The monoisotopic (exact) mass is 436 g/mol. The third-order valence-corrected chi connectivity index (χ3v) is 5.91. The summed E-state index contributed by atoms with van der Waals surface area (Å²) in [5, 5.41) is 14.6. The van der Waals surface area contributed by atoms with E-state index in [1.165, 1.54) is 6.33 Å². The van der Waals surface area contributed by atoms with Gasteiger partial charge in [0, 0.05) is 23.4 Å². The number of rotatable bonds is 3. The number of nitrogens with two attached hydrogens (primary N) is 2. The van der Waals surface area contributed by atoms with E-state index in [0.29, 0.717) is 52.3 Å². The Bertz CT molecular complexity index is 1580. The summed E-state index contributed by atoms with van der Waals surface area (Å²) in [5.41, 5.74) is 17.1. The van der Waals surface area contributed by atoms with Crippen LogP contribution in [0.25, 0.3) is 33.4 Å². The lowest BCUT2D eigenvalue weighted by molar-refractivity contribution is 0.626. The highest BCUT2D eigenvalue weighted by Gasteiger charge is 2.24. The molecular weight excluding hydrogens is 419 g/mol. The predicted octanol–water partition coefficient (Wildman–Crippen LogP) is 1.83. The molecule has 0 aliphatic carbocycles. The number of nitrogens with zero attached hydrogens (tertiary/aromatic N) is 8. The second-order valence-electron chi connectivity index (χ2n) is 8.03. The number of aryl methyl sites for hydroxylation is 1. The number of oxazole rings is 1. The first-order valence-corrected chi connectivity index (χ1v) is 10.5. The quantitative estimate of drug-likeness (QED) is 0.398. The molecule has 11 nitrogen and oxygen atoms in total. The summed E-state index contributed by atoms with van der Waals surface area (Å²) in [4.78, 5) is 22.0. The minimum absolute atomic E-state index is 0.0293. The Morgan fingerprint density at radius 2 is 2.09 bits per heavy atom. The molecule has 1 aliphatic heterocycles. The molecule has 5 heterocycles. The normalized spacial score (nSPS) is 13.4. The SMILES string of the molecule is N#CB1CCc2nc(Cn3nc(-c4ccc5oc(N)nc5c4)c4c(N)ncnc43)ncc2C1. The van der Waals surface area contributed by atoms with E-state index >= 15 is 0 Å². The smallest absolute Gasteiger partial charge is 0.292 e. The van der Waals surface area contributed by atoms with Crippen molar-refractivity contribution in [2.45, 2.75) is 25.6 Å². The van der Waals surface area contributed by atoms with Crippen molar-refractivity contribution in [3.05, 3.63) is 47.8 Å². The third-order valence-electron chi connectivity index (χ3n) is 5.91. The molecule has 0 atom stereocenters. The maximum Gasteiger partial charge on any atom is 0.292 e. The van der Waals surface area contributed by atoms with Crippen molar-refractivity contribution in [2.75, 3.05) is 11.5 Å². The maximum atomic E-state index is 9.20. The highest BCUT2D eigenvalue weighted by atomic mass is 16.4. The first-order valence-electron chi connectivity index (χ1n) is 10.5. The molecule has 1 aliphatic rings. The topological polar surface area (TPSA) is 171 Å². The average Bonchev–Trinajstić information content (AvgIpc) is 3.38. The van der Waals surface area contributed by atoms with Crippen molar-refractivity contribution in [2.24, 2.45) is 0 Å². The molecule has 0 saturated carbocycles. The molecular formula is C21H17BN10O. The van der Waals surface area contributed by atoms with Crippen LogP contribution in [-0.2, 0) is 19.3 Å². The Kier molecular flexibility index (Phi) is 4.22. The lowest BCUT2D eigenvalue weighted by atomic mass is 9.43. The summed E-state index contributed by atoms with van der Waals surface area (Å²) < 4.78 is 7.10. The molecule has 1 aromatic carbocycles. The Balaban J connectivity index is 1.42. The molecule has 160 valence electrons. The van der Waals surface area contributed by atoms with Gasteiger partial charge < -0.3 is 15.9 Å². The van der Waals surface area contributed by atoms with E-state index in [1.54, 1.807) is 10.7 Å². The fourth-order valence-electron chi connectivity index (χ4n) is 4.30. The summed E-state index contributed by atoms with van der Waals surface area (Å²) in [6, 6.07) is 5.60. The molecule has 0 amide bonds. The molecule has 0 radical (unpaired) electrons. The zero-order chi connectivity index (χ0) is 22.5. The van der Waals surface area contributed by atoms with Gasteiger partial charge in [-0.3, -0.25) is 0 Å². The molecule has 0 spiro atoms. The van der Waals surface area contributed by atoms with Crippen LogP contribution >= 0.6 is 0 Å². The second kappa shape index (κ2) is 7.27. The van der Waals surface area contributed by atoms with Crippen molar-refractivity contribution in [3.63, 3.8) is 0 Å². The van der Waals surface area contributed by atoms with Crippen LogP contribution in [0.3, 0.4) is 0 Å². The summed E-state index contributed by atoms with van der Waals surface area (Å²) in [6.45, 7) is 0.350. The van der Waals surface area contributed by atoms with Gasteiger partial charge in [0.05, 0.1) is 5.39 Å². The third kappa shape index (κ3) is 3.21. The maximum absolute atomic E-state index is 9.20. The first-order chi connectivity index (χ1) is 16.1.